The van der Waals surface area contributed by atoms with Crippen molar-refractivity contribution < 1.29 is 19.1 Å². The van der Waals surface area contributed by atoms with Gasteiger partial charge >= 0.3 is 5.97 Å². The lowest BCUT2D eigenvalue weighted by Gasteiger charge is -2.14. The molecule has 2 aromatic carbocycles. The van der Waals surface area contributed by atoms with Crippen LogP contribution in [0.2, 0.25) is 10.0 Å². The predicted octanol–water partition coefficient (Wildman–Crippen LogP) is 2.77. The molecule has 10 heteroatoms. The van der Waals surface area contributed by atoms with E-state index in [0.29, 0.717) is 16.1 Å². The van der Waals surface area contributed by atoms with Crippen molar-refractivity contribution in [1.29, 1.82) is 0 Å². The van der Waals surface area contributed by atoms with E-state index in [1.54, 1.807) is 24.3 Å². The summed E-state index contributed by atoms with van der Waals surface area (Å²) in [6.45, 7) is 0. The number of nitrogens with zero attached hydrogens (tertiary/aromatic N) is 1. The minimum absolute atomic E-state index is 0.0777. The molecule has 1 unspecified atom stereocenters. The quantitative estimate of drug-likeness (QED) is 0.340. The lowest BCUT2D eigenvalue weighted by atomic mass is 9.97. The van der Waals surface area contributed by atoms with E-state index in [-0.39, 0.29) is 16.4 Å². The van der Waals surface area contributed by atoms with Crippen molar-refractivity contribution in [2.24, 2.45) is 5.92 Å². The molecule has 0 spiro atoms. The Balaban J connectivity index is 1.89. The summed E-state index contributed by atoms with van der Waals surface area (Å²) < 4.78 is 4.65. The van der Waals surface area contributed by atoms with Crippen LogP contribution in [0.5, 0.6) is 0 Å². The van der Waals surface area contributed by atoms with Crippen LogP contribution in [0.4, 0.5) is 5.69 Å². The molecule has 0 aliphatic carbocycles. The van der Waals surface area contributed by atoms with Crippen molar-refractivity contribution >= 4 is 57.6 Å². The van der Waals surface area contributed by atoms with E-state index in [1.807, 2.05) is 0 Å². The van der Waals surface area contributed by atoms with E-state index in [1.165, 1.54) is 18.2 Å². The number of aromatic amines is 1. The molecule has 3 rings (SSSR count). The van der Waals surface area contributed by atoms with Crippen LogP contribution in [-0.4, -0.2) is 34.7 Å². The van der Waals surface area contributed by atoms with Crippen LogP contribution in [0.25, 0.3) is 11.0 Å². The molecule has 30 heavy (non-hydrogen) atoms. The molecule has 0 fully saturated rings. The molecule has 1 amide bonds. The molecular weight excluding hydrogens is 433 g/mol. The summed E-state index contributed by atoms with van der Waals surface area (Å²) in [4.78, 5) is 56.5. The Morgan fingerprint density at radius 3 is 2.63 bits per heavy atom. The molecule has 1 heterocycles. The monoisotopic (exact) mass is 447 g/mol. The summed E-state index contributed by atoms with van der Waals surface area (Å²) in [6, 6.07) is 11.1. The first kappa shape index (κ1) is 21.5. The summed E-state index contributed by atoms with van der Waals surface area (Å²) in [7, 11) is 1.08. The zero-order valence-electron chi connectivity index (χ0n) is 15.6. The molecule has 1 aromatic heterocycles. The van der Waals surface area contributed by atoms with E-state index in [0.717, 1.165) is 7.11 Å². The number of carbonyl (C=O) groups is 3. The van der Waals surface area contributed by atoms with Gasteiger partial charge in [-0.1, -0.05) is 35.3 Å². The Morgan fingerprint density at radius 1 is 1.17 bits per heavy atom. The lowest BCUT2D eigenvalue weighted by molar-refractivity contribution is -0.152. The highest BCUT2D eigenvalue weighted by Crippen LogP contribution is 2.25. The van der Waals surface area contributed by atoms with Gasteiger partial charge in [0.1, 0.15) is 11.6 Å². The summed E-state index contributed by atoms with van der Waals surface area (Å²) in [5.41, 5.74) is 0.423. The van der Waals surface area contributed by atoms with Crippen molar-refractivity contribution in [3.05, 3.63) is 68.6 Å². The number of fused-ring (bicyclic) bond motifs is 1. The number of ether oxygens (including phenoxy) is 1. The van der Waals surface area contributed by atoms with E-state index in [2.05, 4.69) is 20.0 Å². The number of hydrogen-bond acceptors (Lipinski definition) is 6. The molecule has 0 saturated heterocycles. The lowest BCUT2D eigenvalue weighted by Crippen LogP contribution is -2.37. The van der Waals surface area contributed by atoms with Crippen LogP contribution in [0.1, 0.15) is 5.69 Å². The second-order valence-electron chi connectivity index (χ2n) is 6.25. The second kappa shape index (κ2) is 9.06. The zero-order chi connectivity index (χ0) is 21.8. The molecule has 2 N–H and O–H groups in total. The number of H-pyrrole nitrogens is 1. The van der Waals surface area contributed by atoms with Gasteiger partial charge in [-0.05, 0) is 30.3 Å². The van der Waals surface area contributed by atoms with Crippen molar-refractivity contribution in [2.75, 3.05) is 12.4 Å². The van der Waals surface area contributed by atoms with E-state index in [4.69, 9.17) is 23.2 Å². The van der Waals surface area contributed by atoms with Crippen molar-refractivity contribution in [2.45, 2.75) is 6.42 Å². The van der Waals surface area contributed by atoms with E-state index >= 15 is 0 Å². The summed E-state index contributed by atoms with van der Waals surface area (Å²) >= 11 is 11.9. The van der Waals surface area contributed by atoms with Gasteiger partial charge in [0, 0.05) is 11.4 Å². The predicted molar refractivity (Wildman–Crippen MR) is 112 cm³/mol. The van der Waals surface area contributed by atoms with Gasteiger partial charge in [-0.25, -0.2) is 4.98 Å². The van der Waals surface area contributed by atoms with E-state index < -0.39 is 35.6 Å². The number of para-hydroxylation sites is 2. The maximum absolute atomic E-state index is 12.7. The van der Waals surface area contributed by atoms with Gasteiger partial charge in [-0.2, -0.15) is 0 Å². The molecule has 0 radical (unpaired) electrons. The van der Waals surface area contributed by atoms with Crippen LogP contribution in [-0.2, 0) is 25.5 Å². The van der Waals surface area contributed by atoms with Gasteiger partial charge in [0.05, 0.1) is 28.9 Å². The minimum atomic E-state index is -1.57. The first-order chi connectivity index (χ1) is 14.3. The Hall–Kier alpha value is -3.23. The van der Waals surface area contributed by atoms with Crippen molar-refractivity contribution in [3.63, 3.8) is 0 Å². The summed E-state index contributed by atoms with van der Waals surface area (Å²) in [6.07, 6.45) is -0.414. The fourth-order valence-electron chi connectivity index (χ4n) is 2.76. The third-order valence-corrected chi connectivity index (χ3v) is 4.83. The van der Waals surface area contributed by atoms with Crippen molar-refractivity contribution in [1.82, 2.24) is 9.97 Å². The zero-order valence-corrected chi connectivity index (χ0v) is 17.1. The molecule has 3 aromatic rings. The highest BCUT2D eigenvalue weighted by Gasteiger charge is 2.34. The first-order valence-electron chi connectivity index (χ1n) is 8.66. The molecule has 0 aliphatic rings. The van der Waals surface area contributed by atoms with Crippen LogP contribution in [0.3, 0.4) is 0 Å². The number of esters is 1. The fraction of sp³-hybridized carbons (Fsp3) is 0.150. The van der Waals surface area contributed by atoms with Crippen LogP contribution < -0.4 is 10.9 Å². The highest BCUT2D eigenvalue weighted by molar-refractivity contribution is 6.45. The first-order valence-corrected chi connectivity index (χ1v) is 9.41. The number of ketones is 1. The number of hydrogen-bond donors (Lipinski definition) is 2. The Morgan fingerprint density at radius 2 is 1.90 bits per heavy atom. The van der Waals surface area contributed by atoms with E-state index in [9.17, 15) is 19.2 Å². The average molecular weight is 448 g/mol. The Bertz CT molecular complexity index is 1210. The average Bonchev–Trinajstić information content (AvgIpc) is 2.73. The Kier molecular flexibility index (Phi) is 6.49. The van der Waals surface area contributed by atoms with Gasteiger partial charge in [-0.15, -0.1) is 0 Å². The fourth-order valence-corrected chi connectivity index (χ4v) is 3.10. The van der Waals surface area contributed by atoms with Crippen molar-refractivity contribution in [3.8, 4) is 0 Å². The molecular formula is C20H15Cl2N3O5. The maximum Gasteiger partial charge on any atom is 0.317 e. The topological polar surface area (TPSA) is 118 Å². The van der Waals surface area contributed by atoms with Gasteiger partial charge in [-0.3, -0.25) is 19.2 Å². The third kappa shape index (κ3) is 4.67. The minimum Gasteiger partial charge on any atom is -0.468 e. The molecule has 0 aliphatic heterocycles. The number of methoxy groups -OCH3 is 1. The second-order valence-corrected chi connectivity index (χ2v) is 7.10. The van der Waals surface area contributed by atoms with Crippen LogP contribution >= 0.6 is 23.2 Å². The van der Waals surface area contributed by atoms with Gasteiger partial charge in [0.25, 0.3) is 11.5 Å². The molecule has 8 nitrogen and oxygen atoms in total. The largest absolute Gasteiger partial charge is 0.468 e. The number of Topliss-reactive ketones (excluding diaryl/α,β-unsaturated/α-hetero) is 1. The Labute approximate surface area is 180 Å². The number of benzene rings is 2. The number of amides is 1. The smallest absolute Gasteiger partial charge is 0.317 e. The number of nitrogens with one attached hydrogen (secondary N) is 2. The summed E-state index contributed by atoms with van der Waals surface area (Å²) in [5, 5.41) is 2.77. The number of anilines is 1. The number of rotatable bonds is 6. The standard InChI is InChI=1S/C20H15Cl2N3O5/c1-30-20(29)11(9-16-18(27)24-14-5-3-2-4-13(14)23-16)17(26)19(28)25-15-8-10(21)6-7-12(15)22/h2-8,11H,9H2,1H3,(H,24,27)(H,25,28). The molecule has 1 atom stereocenters. The van der Waals surface area contributed by atoms with Gasteiger partial charge in [0.2, 0.25) is 5.78 Å². The van der Waals surface area contributed by atoms with Gasteiger partial charge in [0.15, 0.2) is 0 Å². The molecule has 0 saturated carbocycles. The molecule has 0 bridgehead atoms. The molecule has 154 valence electrons. The highest BCUT2D eigenvalue weighted by atomic mass is 35.5. The van der Waals surface area contributed by atoms with Gasteiger partial charge < -0.3 is 15.0 Å². The summed E-state index contributed by atoms with van der Waals surface area (Å²) in [5.74, 6) is -4.75. The number of aromatic nitrogens is 2. The maximum atomic E-state index is 12.7. The van der Waals surface area contributed by atoms with Crippen LogP contribution in [0.15, 0.2) is 47.3 Å². The number of halogens is 2. The normalized spacial score (nSPS) is 11.7. The SMILES string of the molecule is COC(=O)C(Cc1nc2ccccc2[nH]c1=O)C(=O)C(=O)Nc1cc(Cl)ccc1Cl. The van der Waals surface area contributed by atoms with Crippen LogP contribution in [0, 0.1) is 5.92 Å². The third-order valence-electron chi connectivity index (χ3n) is 4.27. The number of carbonyl (C=O) groups excluding carboxylic acids is 3.